The van der Waals surface area contributed by atoms with Crippen LogP contribution in [0.15, 0.2) is 54.7 Å². The lowest BCUT2D eigenvalue weighted by Gasteiger charge is -2.18. The van der Waals surface area contributed by atoms with Gasteiger partial charge in [-0.25, -0.2) is 18.9 Å². The Balaban J connectivity index is 1.91. The van der Waals surface area contributed by atoms with Crippen LogP contribution in [0.1, 0.15) is 26.3 Å². The van der Waals surface area contributed by atoms with Gasteiger partial charge >= 0.3 is 0 Å². The van der Waals surface area contributed by atoms with E-state index in [2.05, 4.69) is 27.9 Å². The molecule has 2 heterocycles. The fraction of sp³-hybridized carbons (Fsp3) is 0.300. The first kappa shape index (κ1) is 17.7. The maximum absolute atomic E-state index is 12.2. The molecule has 1 atom stereocenters. The molecule has 25 heavy (non-hydrogen) atoms. The number of pyridine rings is 2. The van der Waals surface area contributed by atoms with Gasteiger partial charge in [-0.2, -0.15) is 0 Å². The van der Waals surface area contributed by atoms with Crippen molar-refractivity contribution in [1.29, 1.82) is 0 Å². The molecule has 2 aromatic heterocycles. The van der Waals surface area contributed by atoms with Crippen LogP contribution in [0.4, 0.5) is 0 Å². The average molecular weight is 353 g/mol. The summed E-state index contributed by atoms with van der Waals surface area (Å²) in [5.74, 6) is 0. The van der Waals surface area contributed by atoms with Gasteiger partial charge in [0.15, 0.2) is 5.65 Å². The Morgan fingerprint density at radius 1 is 1.08 bits per heavy atom. The minimum Gasteiger partial charge on any atom is -0.242 e. The lowest BCUT2D eigenvalue weighted by Crippen LogP contribution is -2.34. The van der Waals surface area contributed by atoms with Crippen molar-refractivity contribution in [3.8, 4) is 11.3 Å². The Labute approximate surface area is 151 Å². The zero-order valence-corrected chi connectivity index (χ0v) is 15.6. The molecule has 0 amide bonds. The van der Waals surface area contributed by atoms with E-state index in [1.807, 2.05) is 51.1 Å². The second kappa shape index (κ2) is 7.42. The first-order valence-electron chi connectivity index (χ1n) is 8.40. The minimum absolute atomic E-state index is 0.270. The number of rotatable bonds is 5. The highest BCUT2D eigenvalue weighted by atomic mass is 32.2. The van der Waals surface area contributed by atoms with Gasteiger partial charge in [0.2, 0.25) is 0 Å². The fourth-order valence-corrected chi connectivity index (χ4v) is 3.30. The van der Waals surface area contributed by atoms with E-state index in [1.54, 1.807) is 6.20 Å². The second-order valence-corrected chi connectivity index (χ2v) is 8.99. The summed E-state index contributed by atoms with van der Waals surface area (Å²) in [5, 5.41) is 1.02. The lowest BCUT2D eigenvalue weighted by atomic mass is 10.0. The van der Waals surface area contributed by atoms with Crippen molar-refractivity contribution in [2.75, 3.05) is 6.54 Å². The van der Waals surface area contributed by atoms with Crippen molar-refractivity contribution in [2.24, 2.45) is 0 Å². The quantitative estimate of drug-likeness (QED) is 0.757. The first-order valence-corrected chi connectivity index (χ1v) is 9.55. The summed E-state index contributed by atoms with van der Waals surface area (Å²) in [6.45, 7) is 6.54. The van der Waals surface area contributed by atoms with E-state index in [9.17, 15) is 4.21 Å². The summed E-state index contributed by atoms with van der Waals surface area (Å²) in [6.07, 6.45) is 2.52. The molecule has 1 unspecified atom stereocenters. The van der Waals surface area contributed by atoms with Crippen molar-refractivity contribution in [3.63, 3.8) is 0 Å². The van der Waals surface area contributed by atoms with Gasteiger partial charge in [0.25, 0.3) is 0 Å². The molecule has 0 saturated carbocycles. The van der Waals surface area contributed by atoms with Crippen molar-refractivity contribution < 1.29 is 4.21 Å². The third kappa shape index (κ3) is 4.30. The Hall–Kier alpha value is -2.11. The van der Waals surface area contributed by atoms with E-state index in [0.29, 0.717) is 6.54 Å². The molecule has 0 spiro atoms. The molecule has 3 aromatic rings. The lowest BCUT2D eigenvalue weighted by molar-refractivity contribution is 0.635. The first-order chi connectivity index (χ1) is 11.9. The van der Waals surface area contributed by atoms with Gasteiger partial charge in [-0.3, -0.25) is 0 Å². The van der Waals surface area contributed by atoms with Crippen LogP contribution < -0.4 is 4.72 Å². The normalized spacial score (nSPS) is 13.1. The van der Waals surface area contributed by atoms with Gasteiger partial charge in [-0.15, -0.1) is 0 Å². The van der Waals surface area contributed by atoms with Gasteiger partial charge in [-0.05, 0) is 51.0 Å². The number of hydrogen-bond donors (Lipinski definition) is 1. The molecule has 5 heteroatoms. The summed E-state index contributed by atoms with van der Waals surface area (Å²) in [6, 6.07) is 16.2. The Morgan fingerprint density at radius 3 is 2.56 bits per heavy atom. The minimum atomic E-state index is -1.07. The molecule has 0 saturated heterocycles. The SMILES string of the molecule is CC(C)(C)S(=O)NCCc1cc2cccnc2nc1-c1ccccc1. The zero-order valence-electron chi connectivity index (χ0n) is 14.8. The molecule has 3 rings (SSSR count). The van der Waals surface area contributed by atoms with Crippen molar-refractivity contribution in [3.05, 3.63) is 60.3 Å². The van der Waals surface area contributed by atoms with E-state index in [0.717, 1.165) is 34.3 Å². The molecule has 0 radical (unpaired) electrons. The number of nitrogens with one attached hydrogen (secondary N) is 1. The molecule has 130 valence electrons. The highest BCUT2D eigenvalue weighted by molar-refractivity contribution is 7.84. The van der Waals surface area contributed by atoms with Crippen LogP contribution in [0.3, 0.4) is 0 Å². The van der Waals surface area contributed by atoms with Crippen LogP contribution in [0, 0.1) is 0 Å². The Kier molecular flexibility index (Phi) is 5.25. The molecule has 1 N–H and O–H groups in total. The summed E-state index contributed by atoms with van der Waals surface area (Å²) in [4.78, 5) is 9.15. The van der Waals surface area contributed by atoms with Crippen LogP contribution in [-0.4, -0.2) is 25.5 Å². The highest BCUT2D eigenvalue weighted by Crippen LogP contribution is 2.25. The number of nitrogens with zero attached hydrogens (tertiary/aromatic N) is 2. The molecule has 0 aliphatic carbocycles. The summed E-state index contributed by atoms with van der Waals surface area (Å²) >= 11 is 0. The third-order valence-electron chi connectivity index (χ3n) is 3.90. The molecule has 4 nitrogen and oxygen atoms in total. The fourth-order valence-electron chi connectivity index (χ4n) is 2.58. The summed E-state index contributed by atoms with van der Waals surface area (Å²) < 4.78 is 15.1. The topological polar surface area (TPSA) is 54.9 Å². The maximum atomic E-state index is 12.2. The van der Waals surface area contributed by atoms with Crippen LogP contribution in [-0.2, 0) is 17.4 Å². The van der Waals surface area contributed by atoms with E-state index >= 15 is 0 Å². The smallest absolute Gasteiger partial charge is 0.159 e. The zero-order chi connectivity index (χ0) is 17.9. The predicted molar refractivity (Wildman–Crippen MR) is 105 cm³/mol. The van der Waals surface area contributed by atoms with Gasteiger partial charge in [-0.1, -0.05) is 30.3 Å². The van der Waals surface area contributed by atoms with Crippen LogP contribution in [0.25, 0.3) is 22.3 Å². The number of hydrogen-bond acceptors (Lipinski definition) is 3. The number of fused-ring (bicyclic) bond motifs is 1. The Bertz CT molecular complexity index is 888. The largest absolute Gasteiger partial charge is 0.242 e. The van der Waals surface area contributed by atoms with Crippen LogP contribution >= 0.6 is 0 Å². The summed E-state index contributed by atoms with van der Waals surface area (Å²) in [5.41, 5.74) is 3.89. The van der Waals surface area contributed by atoms with Crippen LogP contribution in [0.2, 0.25) is 0 Å². The molecule has 0 fully saturated rings. The standard InChI is InChI=1S/C20H23N3OS/c1-20(2,3)25(24)22-13-11-16-14-17-10-7-12-21-19(17)23-18(16)15-8-5-4-6-9-15/h4-10,12,14,22H,11,13H2,1-3H3. The van der Waals surface area contributed by atoms with Gasteiger partial charge in [0.05, 0.1) is 21.4 Å². The Morgan fingerprint density at radius 2 is 1.84 bits per heavy atom. The van der Waals surface area contributed by atoms with Crippen molar-refractivity contribution in [1.82, 2.24) is 14.7 Å². The van der Waals surface area contributed by atoms with E-state index in [-0.39, 0.29) is 4.75 Å². The number of aromatic nitrogens is 2. The maximum Gasteiger partial charge on any atom is 0.159 e. The van der Waals surface area contributed by atoms with E-state index < -0.39 is 11.0 Å². The van der Waals surface area contributed by atoms with E-state index in [4.69, 9.17) is 4.98 Å². The average Bonchev–Trinajstić information content (AvgIpc) is 2.61. The molecular formula is C20H23N3OS. The molecule has 0 aliphatic rings. The predicted octanol–water partition coefficient (Wildman–Crippen LogP) is 3.89. The van der Waals surface area contributed by atoms with Crippen molar-refractivity contribution in [2.45, 2.75) is 31.9 Å². The highest BCUT2D eigenvalue weighted by Gasteiger charge is 2.19. The van der Waals surface area contributed by atoms with Gasteiger partial charge in [0, 0.05) is 23.7 Å². The summed E-state index contributed by atoms with van der Waals surface area (Å²) in [7, 11) is -1.07. The van der Waals surface area contributed by atoms with Gasteiger partial charge in [0.1, 0.15) is 0 Å². The van der Waals surface area contributed by atoms with Crippen molar-refractivity contribution >= 4 is 22.0 Å². The monoisotopic (exact) mass is 353 g/mol. The number of benzene rings is 1. The molecule has 0 bridgehead atoms. The second-order valence-electron chi connectivity index (χ2n) is 6.94. The van der Waals surface area contributed by atoms with E-state index in [1.165, 1.54) is 0 Å². The third-order valence-corrected chi connectivity index (χ3v) is 5.48. The van der Waals surface area contributed by atoms with Crippen LogP contribution in [0.5, 0.6) is 0 Å². The molecular weight excluding hydrogens is 330 g/mol. The molecule has 1 aromatic carbocycles. The molecule has 0 aliphatic heterocycles. The van der Waals surface area contributed by atoms with Gasteiger partial charge < -0.3 is 0 Å².